The van der Waals surface area contributed by atoms with E-state index in [4.69, 9.17) is 22.2 Å². The fourth-order valence-corrected chi connectivity index (χ4v) is 1.89. The SMILES string of the molecule is CCc1nc(NN)c(C)c(Oc2cc(C)ccc2Cl)n1. The Balaban J connectivity index is 2.44. The van der Waals surface area contributed by atoms with Crippen LogP contribution in [0.4, 0.5) is 5.82 Å². The highest BCUT2D eigenvalue weighted by Crippen LogP contribution is 2.32. The monoisotopic (exact) mass is 292 g/mol. The first kappa shape index (κ1) is 14.6. The molecule has 2 rings (SSSR count). The predicted octanol–water partition coefficient (Wildman–Crippen LogP) is 3.39. The van der Waals surface area contributed by atoms with Gasteiger partial charge in [-0.15, -0.1) is 0 Å². The third-order valence-electron chi connectivity index (χ3n) is 2.89. The number of hydrazine groups is 1. The van der Waals surface area contributed by atoms with Gasteiger partial charge in [0.15, 0.2) is 0 Å². The van der Waals surface area contributed by atoms with Crippen molar-refractivity contribution >= 4 is 17.4 Å². The first-order chi connectivity index (χ1) is 9.55. The zero-order valence-electron chi connectivity index (χ0n) is 11.7. The molecule has 0 unspecified atom stereocenters. The van der Waals surface area contributed by atoms with E-state index in [0.717, 1.165) is 11.1 Å². The number of nitrogens with two attached hydrogens (primary N) is 1. The summed E-state index contributed by atoms with van der Waals surface area (Å²) in [6.45, 7) is 5.78. The maximum Gasteiger partial charge on any atom is 0.227 e. The summed E-state index contributed by atoms with van der Waals surface area (Å²) in [4.78, 5) is 8.67. The van der Waals surface area contributed by atoms with Crippen LogP contribution in [0.25, 0.3) is 0 Å². The summed E-state index contributed by atoms with van der Waals surface area (Å²) in [6.07, 6.45) is 0.687. The Morgan fingerprint density at radius 1 is 1.30 bits per heavy atom. The van der Waals surface area contributed by atoms with E-state index in [1.54, 1.807) is 6.07 Å². The molecule has 2 aromatic rings. The maximum absolute atomic E-state index is 6.14. The Hall–Kier alpha value is -1.85. The molecule has 106 valence electrons. The molecule has 0 atom stereocenters. The lowest BCUT2D eigenvalue weighted by molar-refractivity contribution is 0.455. The third-order valence-corrected chi connectivity index (χ3v) is 3.21. The van der Waals surface area contributed by atoms with Gasteiger partial charge in [-0.2, -0.15) is 4.98 Å². The van der Waals surface area contributed by atoms with Gasteiger partial charge in [-0.25, -0.2) is 10.8 Å². The van der Waals surface area contributed by atoms with Crippen LogP contribution in [0.1, 0.15) is 23.9 Å². The van der Waals surface area contributed by atoms with Crippen molar-refractivity contribution in [3.63, 3.8) is 0 Å². The number of aryl methyl sites for hydroxylation is 2. The van der Waals surface area contributed by atoms with Crippen LogP contribution in [0.5, 0.6) is 11.6 Å². The Bertz CT molecular complexity index is 631. The lowest BCUT2D eigenvalue weighted by atomic mass is 10.2. The van der Waals surface area contributed by atoms with Gasteiger partial charge in [0.05, 0.1) is 10.6 Å². The zero-order chi connectivity index (χ0) is 14.7. The van der Waals surface area contributed by atoms with Crippen molar-refractivity contribution in [2.75, 3.05) is 5.43 Å². The molecule has 0 saturated heterocycles. The molecule has 0 saturated carbocycles. The van der Waals surface area contributed by atoms with Gasteiger partial charge in [0.25, 0.3) is 0 Å². The third kappa shape index (κ3) is 3.00. The summed E-state index contributed by atoms with van der Waals surface area (Å²) >= 11 is 6.14. The number of ether oxygens (including phenoxy) is 1. The van der Waals surface area contributed by atoms with Crippen molar-refractivity contribution in [1.29, 1.82) is 0 Å². The molecule has 1 heterocycles. The van der Waals surface area contributed by atoms with Gasteiger partial charge in [0, 0.05) is 6.42 Å². The predicted molar refractivity (Wildman–Crippen MR) is 80.2 cm³/mol. The Kier molecular flexibility index (Phi) is 4.42. The number of anilines is 1. The lowest BCUT2D eigenvalue weighted by Crippen LogP contribution is -2.13. The Labute approximate surface area is 123 Å². The van der Waals surface area contributed by atoms with E-state index < -0.39 is 0 Å². The number of rotatable bonds is 4. The Morgan fingerprint density at radius 3 is 2.70 bits per heavy atom. The van der Waals surface area contributed by atoms with Gasteiger partial charge < -0.3 is 10.2 Å². The minimum atomic E-state index is 0.456. The summed E-state index contributed by atoms with van der Waals surface area (Å²) < 4.78 is 5.83. The van der Waals surface area contributed by atoms with Crippen LogP contribution in [0, 0.1) is 13.8 Å². The smallest absolute Gasteiger partial charge is 0.227 e. The molecular formula is C14H17ClN4O. The van der Waals surface area contributed by atoms with E-state index in [1.165, 1.54) is 0 Å². The summed E-state index contributed by atoms with van der Waals surface area (Å²) in [5, 5.41) is 0.536. The summed E-state index contributed by atoms with van der Waals surface area (Å²) in [5.41, 5.74) is 4.36. The Morgan fingerprint density at radius 2 is 2.05 bits per heavy atom. The molecule has 20 heavy (non-hydrogen) atoms. The van der Waals surface area contributed by atoms with Gasteiger partial charge in [0.1, 0.15) is 17.4 Å². The van der Waals surface area contributed by atoms with E-state index >= 15 is 0 Å². The van der Waals surface area contributed by atoms with Crippen LogP contribution in [0.2, 0.25) is 5.02 Å². The summed E-state index contributed by atoms with van der Waals surface area (Å²) in [5.74, 6) is 7.70. The number of aromatic nitrogens is 2. The van der Waals surface area contributed by atoms with Crippen molar-refractivity contribution in [3.05, 3.63) is 40.2 Å². The average Bonchev–Trinajstić information content (AvgIpc) is 2.45. The number of nitrogens with one attached hydrogen (secondary N) is 1. The van der Waals surface area contributed by atoms with Crippen molar-refractivity contribution in [1.82, 2.24) is 9.97 Å². The second-order valence-electron chi connectivity index (χ2n) is 4.45. The number of hydrogen-bond acceptors (Lipinski definition) is 5. The van der Waals surface area contributed by atoms with Crippen LogP contribution in [-0.2, 0) is 6.42 Å². The normalized spacial score (nSPS) is 10.4. The fraction of sp³-hybridized carbons (Fsp3) is 0.286. The number of halogens is 1. The largest absolute Gasteiger partial charge is 0.437 e. The quantitative estimate of drug-likeness (QED) is 0.667. The van der Waals surface area contributed by atoms with E-state index in [9.17, 15) is 0 Å². The number of nitrogen functional groups attached to an aromatic ring is 1. The van der Waals surface area contributed by atoms with Crippen molar-refractivity contribution in [2.45, 2.75) is 27.2 Å². The molecule has 0 aliphatic heterocycles. The van der Waals surface area contributed by atoms with E-state index in [1.807, 2.05) is 32.9 Å². The topological polar surface area (TPSA) is 73.1 Å². The van der Waals surface area contributed by atoms with E-state index in [0.29, 0.717) is 34.7 Å². The van der Waals surface area contributed by atoms with Crippen LogP contribution in [0.3, 0.4) is 0 Å². The summed E-state index contributed by atoms with van der Waals surface area (Å²) in [6, 6.07) is 5.59. The summed E-state index contributed by atoms with van der Waals surface area (Å²) in [7, 11) is 0. The molecule has 0 aliphatic rings. The van der Waals surface area contributed by atoms with Gasteiger partial charge in [0.2, 0.25) is 5.88 Å². The molecule has 6 heteroatoms. The second-order valence-corrected chi connectivity index (χ2v) is 4.86. The number of nitrogens with zero attached hydrogens (tertiary/aromatic N) is 2. The van der Waals surface area contributed by atoms with Crippen molar-refractivity contribution in [3.8, 4) is 11.6 Å². The first-order valence-electron chi connectivity index (χ1n) is 6.33. The van der Waals surface area contributed by atoms with Crippen LogP contribution in [-0.4, -0.2) is 9.97 Å². The maximum atomic E-state index is 6.14. The fourth-order valence-electron chi connectivity index (χ4n) is 1.73. The molecular weight excluding hydrogens is 276 g/mol. The molecule has 0 spiro atoms. The molecule has 0 amide bonds. The first-order valence-corrected chi connectivity index (χ1v) is 6.71. The standard InChI is InChI=1S/C14H17ClN4O/c1-4-12-17-13(19-16)9(3)14(18-12)20-11-7-8(2)5-6-10(11)15/h5-7H,4,16H2,1-3H3,(H,17,18,19). The highest BCUT2D eigenvalue weighted by Gasteiger charge is 2.13. The molecule has 0 aliphatic carbocycles. The van der Waals surface area contributed by atoms with E-state index in [-0.39, 0.29) is 0 Å². The van der Waals surface area contributed by atoms with Crippen LogP contribution < -0.4 is 16.0 Å². The van der Waals surface area contributed by atoms with Gasteiger partial charge >= 0.3 is 0 Å². The minimum Gasteiger partial charge on any atom is -0.437 e. The molecule has 5 nitrogen and oxygen atoms in total. The molecule has 0 fully saturated rings. The lowest BCUT2D eigenvalue weighted by Gasteiger charge is -2.13. The number of benzene rings is 1. The van der Waals surface area contributed by atoms with Gasteiger partial charge in [-0.05, 0) is 31.5 Å². The number of hydrogen-bond donors (Lipinski definition) is 2. The highest BCUT2D eigenvalue weighted by atomic mass is 35.5. The van der Waals surface area contributed by atoms with E-state index in [2.05, 4.69) is 15.4 Å². The van der Waals surface area contributed by atoms with Crippen molar-refractivity contribution in [2.24, 2.45) is 5.84 Å². The molecule has 3 N–H and O–H groups in total. The molecule has 1 aromatic heterocycles. The highest BCUT2D eigenvalue weighted by molar-refractivity contribution is 6.32. The second kappa shape index (κ2) is 6.07. The minimum absolute atomic E-state index is 0.456. The molecule has 0 bridgehead atoms. The van der Waals surface area contributed by atoms with Crippen LogP contribution >= 0.6 is 11.6 Å². The van der Waals surface area contributed by atoms with Crippen LogP contribution in [0.15, 0.2) is 18.2 Å². The molecule has 0 radical (unpaired) electrons. The van der Waals surface area contributed by atoms with Gasteiger partial charge in [-0.3, -0.25) is 0 Å². The zero-order valence-corrected chi connectivity index (χ0v) is 12.5. The average molecular weight is 293 g/mol. The molecule has 1 aromatic carbocycles. The van der Waals surface area contributed by atoms with Crippen molar-refractivity contribution < 1.29 is 4.74 Å². The van der Waals surface area contributed by atoms with Gasteiger partial charge in [-0.1, -0.05) is 24.6 Å².